The van der Waals surface area contributed by atoms with E-state index in [2.05, 4.69) is 61.5 Å². The van der Waals surface area contributed by atoms with Crippen molar-refractivity contribution in [3.8, 4) is 11.3 Å². The summed E-state index contributed by atoms with van der Waals surface area (Å²) < 4.78 is 0. The predicted molar refractivity (Wildman–Crippen MR) is 162 cm³/mol. The van der Waals surface area contributed by atoms with Crippen molar-refractivity contribution in [1.29, 1.82) is 0 Å². The Kier molecular flexibility index (Phi) is 8.16. The Bertz CT molecular complexity index is 1280. The van der Waals surface area contributed by atoms with Crippen LogP contribution in [-0.2, 0) is 9.59 Å². The largest absolute Gasteiger partial charge is 0.355 e. The van der Waals surface area contributed by atoms with Crippen LogP contribution in [0.25, 0.3) is 22.2 Å². The van der Waals surface area contributed by atoms with Gasteiger partial charge in [0.15, 0.2) is 0 Å². The number of aromatic nitrogens is 1. The van der Waals surface area contributed by atoms with Crippen molar-refractivity contribution in [1.82, 2.24) is 4.98 Å². The second kappa shape index (κ2) is 11.6. The molecule has 1 aromatic heterocycles. The molecule has 2 unspecified atom stereocenters. The summed E-state index contributed by atoms with van der Waals surface area (Å²) in [4.78, 5) is 29.9. The average Bonchev–Trinajstić information content (AvgIpc) is 3.32. The van der Waals surface area contributed by atoms with Crippen molar-refractivity contribution in [3.05, 3.63) is 48.5 Å². The van der Waals surface area contributed by atoms with Gasteiger partial charge in [0, 0.05) is 33.9 Å². The minimum Gasteiger partial charge on any atom is -0.355 e. The molecule has 208 valence electrons. The highest BCUT2D eigenvalue weighted by Crippen LogP contribution is 2.47. The van der Waals surface area contributed by atoms with E-state index in [-0.39, 0.29) is 23.1 Å². The normalized spacial score (nSPS) is 24.1. The number of rotatable bonds is 7. The molecule has 0 bridgehead atoms. The maximum atomic E-state index is 13.7. The summed E-state index contributed by atoms with van der Waals surface area (Å²) in [7, 11) is 0. The van der Waals surface area contributed by atoms with Crippen LogP contribution in [0.2, 0.25) is 0 Å². The zero-order chi connectivity index (χ0) is 27.6. The summed E-state index contributed by atoms with van der Waals surface area (Å²) >= 11 is 0. The van der Waals surface area contributed by atoms with Crippen LogP contribution in [0, 0.1) is 29.1 Å². The Labute approximate surface area is 233 Å². The van der Waals surface area contributed by atoms with Gasteiger partial charge in [-0.2, -0.15) is 0 Å². The molecule has 0 aliphatic heterocycles. The number of anilines is 2. The van der Waals surface area contributed by atoms with Crippen LogP contribution in [0.1, 0.15) is 85.5 Å². The molecular formula is C34H45N3O2. The number of carbonyl (C=O) groups excluding carboxylic acids is 2. The van der Waals surface area contributed by atoms with Crippen LogP contribution in [0.15, 0.2) is 48.5 Å². The molecule has 2 aromatic carbocycles. The maximum absolute atomic E-state index is 13.7. The number of H-pyrrole nitrogens is 1. The highest BCUT2D eigenvalue weighted by Gasteiger charge is 2.44. The van der Waals surface area contributed by atoms with Crippen molar-refractivity contribution in [2.75, 3.05) is 10.6 Å². The molecular weight excluding hydrogens is 482 g/mol. The smallest absolute Gasteiger partial charge is 0.230 e. The van der Waals surface area contributed by atoms with Gasteiger partial charge in [-0.15, -0.1) is 0 Å². The number of fused-ring (bicyclic) bond motifs is 1. The number of hydrogen-bond donors (Lipinski definition) is 3. The van der Waals surface area contributed by atoms with E-state index < -0.39 is 0 Å². The molecule has 5 rings (SSSR count). The van der Waals surface area contributed by atoms with E-state index >= 15 is 0 Å². The second-order valence-electron chi connectivity index (χ2n) is 13.1. The minimum atomic E-state index is -0.294. The third-order valence-corrected chi connectivity index (χ3v) is 8.88. The second-order valence-corrected chi connectivity index (χ2v) is 13.1. The highest BCUT2D eigenvalue weighted by molar-refractivity contribution is 5.98. The van der Waals surface area contributed by atoms with Gasteiger partial charge < -0.3 is 15.6 Å². The van der Waals surface area contributed by atoms with Gasteiger partial charge in [0.05, 0.1) is 5.41 Å². The lowest BCUT2D eigenvalue weighted by Crippen LogP contribution is -2.43. The van der Waals surface area contributed by atoms with E-state index in [9.17, 15) is 9.59 Å². The van der Waals surface area contributed by atoms with Crippen LogP contribution in [0.3, 0.4) is 0 Å². The molecule has 5 heteroatoms. The van der Waals surface area contributed by atoms with Gasteiger partial charge in [-0.3, -0.25) is 9.59 Å². The highest BCUT2D eigenvalue weighted by atomic mass is 16.2. The molecule has 39 heavy (non-hydrogen) atoms. The van der Waals surface area contributed by atoms with Gasteiger partial charge in [0.25, 0.3) is 0 Å². The third kappa shape index (κ3) is 6.40. The predicted octanol–water partition coefficient (Wildman–Crippen LogP) is 8.78. The summed E-state index contributed by atoms with van der Waals surface area (Å²) in [6, 6.07) is 16.3. The first-order valence-corrected chi connectivity index (χ1v) is 15.1. The molecule has 3 aromatic rings. The molecule has 2 aliphatic carbocycles. The minimum absolute atomic E-state index is 0.145. The fraction of sp³-hybridized carbons (Fsp3) is 0.529. The van der Waals surface area contributed by atoms with E-state index in [1.165, 1.54) is 12.8 Å². The number of aromatic amines is 1. The standard InChI is InChI=1S/C34H45N3O2/c1-22(2)19-34(20-23(3)16-24(4)21-34)33(39)36-29-14-15-30-27(17-29)18-31(37-30)25-10-12-28(13-11-25)35-32(38)26-8-6-5-7-9-26/h10-15,17-18,22-24,26,37H,5-9,16,19-21H2,1-4H3,(H,35,38)(H,36,39). The Morgan fingerprint density at radius 2 is 1.56 bits per heavy atom. The summed E-state index contributed by atoms with van der Waals surface area (Å²) in [5.41, 5.74) is 4.52. The summed E-state index contributed by atoms with van der Waals surface area (Å²) in [5, 5.41) is 7.47. The fourth-order valence-corrected chi connectivity index (χ4v) is 7.47. The van der Waals surface area contributed by atoms with Crippen LogP contribution in [0.5, 0.6) is 0 Å². The van der Waals surface area contributed by atoms with Gasteiger partial charge >= 0.3 is 0 Å². The van der Waals surface area contributed by atoms with Crippen molar-refractivity contribution in [2.45, 2.75) is 85.5 Å². The Balaban J connectivity index is 1.29. The lowest BCUT2D eigenvalue weighted by Gasteiger charge is -2.42. The van der Waals surface area contributed by atoms with Gasteiger partial charge in [0.1, 0.15) is 0 Å². The number of amides is 2. The zero-order valence-electron chi connectivity index (χ0n) is 24.1. The van der Waals surface area contributed by atoms with E-state index in [0.717, 1.165) is 78.5 Å². The van der Waals surface area contributed by atoms with Crippen molar-refractivity contribution < 1.29 is 9.59 Å². The van der Waals surface area contributed by atoms with Gasteiger partial charge in [-0.1, -0.05) is 59.1 Å². The third-order valence-electron chi connectivity index (χ3n) is 8.88. The maximum Gasteiger partial charge on any atom is 0.230 e. The molecule has 0 spiro atoms. The Morgan fingerprint density at radius 3 is 2.23 bits per heavy atom. The lowest BCUT2D eigenvalue weighted by atomic mass is 9.62. The Morgan fingerprint density at radius 1 is 0.897 bits per heavy atom. The number of carbonyl (C=O) groups is 2. The van der Waals surface area contributed by atoms with Crippen molar-refractivity contribution in [3.63, 3.8) is 0 Å². The summed E-state index contributed by atoms with van der Waals surface area (Å²) in [6.07, 6.45) is 9.62. The first-order chi connectivity index (χ1) is 18.7. The molecule has 2 fully saturated rings. The SMILES string of the molecule is CC(C)CC1(C(=O)Nc2ccc3[nH]c(-c4ccc(NC(=O)C5CCCCC5)cc4)cc3c2)CC(C)CC(C)C1. The van der Waals surface area contributed by atoms with Gasteiger partial charge in [-0.25, -0.2) is 0 Å². The molecule has 2 aliphatic rings. The summed E-state index contributed by atoms with van der Waals surface area (Å²) in [5.74, 6) is 2.09. The van der Waals surface area contributed by atoms with Gasteiger partial charge in [0.2, 0.25) is 11.8 Å². The average molecular weight is 528 g/mol. The van der Waals surface area contributed by atoms with Crippen LogP contribution >= 0.6 is 0 Å². The number of benzene rings is 2. The number of hydrogen-bond acceptors (Lipinski definition) is 2. The fourth-order valence-electron chi connectivity index (χ4n) is 7.47. The lowest BCUT2D eigenvalue weighted by molar-refractivity contribution is -0.130. The van der Waals surface area contributed by atoms with Crippen LogP contribution < -0.4 is 10.6 Å². The first kappa shape index (κ1) is 27.5. The molecule has 2 amide bonds. The van der Waals surface area contributed by atoms with Crippen LogP contribution in [0.4, 0.5) is 11.4 Å². The number of nitrogens with one attached hydrogen (secondary N) is 3. The summed E-state index contributed by atoms with van der Waals surface area (Å²) in [6.45, 7) is 9.04. The quantitative estimate of drug-likeness (QED) is 0.287. The monoisotopic (exact) mass is 527 g/mol. The van der Waals surface area contributed by atoms with E-state index in [0.29, 0.717) is 17.8 Å². The van der Waals surface area contributed by atoms with E-state index in [1.54, 1.807) is 0 Å². The topological polar surface area (TPSA) is 74.0 Å². The molecule has 2 saturated carbocycles. The van der Waals surface area contributed by atoms with Gasteiger partial charge in [-0.05, 0) is 98.2 Å². The van der Waals surface area contributed by atoms with Crippen molar-refractivity contribution >= 4 is 34.1 Å². The molecule has 3 N–H and O–H groups in total. The first-order valence-electron chi connectivity index (χ1n) is 15.1. The molecule has 2 atom stereocenters. The molecule has 0 radical (unpaired) electrons. The van der Waals surface area contributed by atoms with E-state index in [4.69, 9.17) is 0 Å². The molecule has 1 heterocycles. The Hall–Kier alpha value is -3.08. The molecule has 0 saturated heterocycles. The molecule has 5 nitrogen and oxygen atoms in total. The van der Waals surface area contributed by atoms with Crippen LogP contribution in [-0.4, -0.2) is 16.8 Å². The zero-order valence-corrected chi connectivity index (χ0v) is 24.1. The van der Waals surface area contributed by atoms with Crippen molar-refractivity contribution in [2.24, 2.45) is 29.1 Å². The van der Waals surface area contributed by atoms with E-state index in [1.807, 2.05) is 30.3 Å².